The number of azo groups is 1. The summed E-state index contributed by atoms with van der Waals surface area (Å²) >= 11 is 0. The Morgan fingerprint density at radius 2 is 1.63 bits per heavy atom. The van der Waals surface area contributed by atoms with Crippen molar-refractivity contribution in [3.63, 3.8) is 0 Å². The van der Waals surface area contributed by atoms with E-state index in [0.717, 1.165) is 11.6 Å². The van der Waals surface area contributed by atoms with Crippen LogP contribution in [-0.4, -0.2) is 33.1 Å². The molecule has 0 aliphatic carbocycles. The number of benzene rings is 3. The average Bonchev–Trinajstić information content (AvgIpc) is 2.64. The lowest BCUT2D eigenvalue weighted by atomic mass is 10.1. The Hall–Kier alpha value is -3.06. The monoisotopic (exact) mass is 451 g/mol. The van der Waals surface area contributed by atoms with Gasteiger partial charge in [0.2, 0.25) is 0 Å². The molecular weight excluding hydrogens is 434 g/mol. The van der Waals surface area contributed by atoms with Gasteiger partial charge in [-0.05, 0) is 48.2 Å². The topological polar surface area (TPSA) is 169 Å². The molecule has 0 aromatic heterocycles. The van der Waals surface area contributed by atoms with Crippen LogP contribution in [0.4, 0.5) is 17.1 Å². The second-order valence-corrected chi connectivity index (χ2v) is 9.17. The van der Waals surface area contributed by atoms with E-state index in [2.05, 4.69) is 10.2 Å². The van der Waals surface area contributed by atoms with Crippen LogP contribution in [0, 0.1) is 6.92 Å². The fraction of sp³-hybridized carbons (Fsp3) is 0.111. The molecule has 3 aromatic carbocycles. The lowest BCUT2D eigenvalue weighted by molar-refractivity contribution is 0.417. The standard InChI is InChI=1S/C18H17N3O7S2/c1-10-5-15(19)17(28-2)9-16(10)21-20-12-3-4-14-11(6-12)7-13(29(22,23)24)8-18(14)30(25,26)27/h3-9H,19H2,1-2H3,(H,22,23,24)(H,25,26,27). The molecule has 12 heteroatoms. The summed E-state index contributed by atoms with van der Waals surface area (Å²) in [5.74, 6) is 0.420. The molecule has 158 valence electrons. The molecule has 0 saturated carbocycles. The number of aryl methyl sites for hydroxylation is 1. The number of nitrogens with zero attached hydrogens (tertiary/aromatic N) is 2. The van der Waals surface area contributed by atoms with E-state index in [1.807, 2.05) is 0 Å². The Labute approximate surface area is 172 Å². The first-order valence-corrected chi connectivity index (χ1v) is 11.2. The van der Waals surface area contributed by atoms with Crippen molar-refractivity contribution in [2.75, 3.05) is 12.8 Å². The highest BCUT2D eigenvalue weighted by molar-refractivity contribution is 7.86. The summed E-state index contributed by atoms with van der Waals surface area (Å²) in [6, 6.07) is 9.17. The smallest absolute Gasteiger partial charge is 0.295 e. The highest BCUT2D eigenvalue weighted by atomic mass is 32.2. The fourth-order valence-electron chi connectivity index (χ4n) is 2.82. The molecule has 0 amide bonds. The van der Waals surface area contributed by atoms with E-state index in [-0.39, 0.29) is 16.5 Å². The minimum absolute atomic E-state index is 0.0502. The number of fused-ring (bicyclic) bond motifs is 1. The Balaban J connectivity index is 2.15. The van der Waals surface area contributed by atoms with Gasteiger partial charge >= 0.3 is 0 Å². The molecule has 4 N–H and O–H groups in total. The van der Waals surface area contributed by atoms with Crippen molar-refractivity contribution in [2.24, 2.45) is 10.2 Å². The van der Waals surface area contributed by atoms with Crippen LogP contribution in [-0.2, 0) is 20.2 Å². The van der Waals surface area contributed by atoms with Crippen LogP contribution in [0.3, 0.4) is 0 Å². The van der Waals surface area contributed by atoms with Crippen LogP contribution in [0.5, 0.6) is 5.75 Å². The summed E-state index contributed by atoms with van der Waals surface area (Å²) in [7, 11) is -8.01. The number of anilines is 1. The van der Waals surface area contributed by atoms with Crippen molar-refractivity contribution in [1.82, 2.24) is 0 Å². The second kappa shape index (κ2) is 7.65. The number of methoxy groups -OCH3 is 1. The predicted molar refractivity (Wildman–Crippen MR) is 110 cm³/mol. The van der Waals surface area contributed by atoms with Crippen molar-refractivity contribution in [3.05, 3.63) is 48.0 Å². The summed E-state index contributed by atoms with van der Waals surface area (Å²) < 4.78 is 70.2. The van der Waals surface area contributed by atoms with Gasteiger partial charge in [0, 0.05) is 11.5 Å². The molecule has 0 aliphatic heterocycles. The summed E-state index contributed by atoms with van der Waals surface area (Å²) in [6.45, 7) is 1.78. The van der Waals surface area contributed by atoms with Gasteiger partial charge in [0.1, 0.15) is 10.6 Å². The van der Waals surface area contributed by atoms with Gasteiger partial charge in [0.25, 0.3) is 20.2 Å². The van der Waals surface area contributed by atoms with Crippen LogP contribution in [0.25, 0.3) is 10.8 Å². The van der Waals surface area contributed by atoms with Gasteiger partial charge < -0.3 is 10.5 Å². The quantitative estimate of drug-likeness (QED) is 0.300. The van der Waals surface area contributed by atoms with Crippen LogP contribution in [0.15, 0.2) is 62.5 Å². The molecule has 0 fully saturated rings. The van der Waals surface area contributed by atoms with Gasteiger partial charge in [-0.15, -0.1) is 0 Å². The van der Waals surface area contributed by atoms with Crippen molar-refractivity contribution >= 4 is 48.1 Å². The zero-order chi connectivity index (χ0) is 22.3. The molecule has 0 atom stereocenters. The Morgan fingerprint density at radius 3 is 2.23 bits per heavy atom. The Morgan fingerprint density at radius 1 is 0.933 bits per heavy atom. The van der Waals surface area contributed by atoms with Gasteiger partial charge in [-0.1, -0.05) is 6.07 Å². The van der Waals surface area contributed by atoms with Crippen molar-refractivity contribution < 1.29 is 30.7 Å². The lowest BCUT2D eigenvalue weighted by Gasteiger charge is -2.08. The summed E-state index contributed by atoms with van der Waals surface area (Å²) in [5, 5.41) is 8.37. The van der Waals surface area contributed by atoms with Gasteiger partial charge in [-0.3, -0.25) is 9.11 Å². The molecule has 0 aliphatic rings. The van der Waals surface area contributed by atoms with E-state index in [0.29, 0.717) is 23.2 Å². The summed E-state index contributed by atoms with van der Waals surface area (Å²) in [4.78, 5) is -1.34. The normalized spacial score (nSPS) is 12.5. The third-order valence-corrected chi connectivity index (χ3v) is 5.99. The average molecular weight is 451 g/mol. The second-order valence-electron chi connectivity index (χ2n) is 6.36. The maximum absolute atomic E-state index is 11.7. The molecular formula is C18H17N3O7S2. The zero-order valence-corrected chi connectivity index (χ0v) is 17.4. The number of nitrogen functional groups attached to an aromatic ring is 1. The third kappa shape index (κ3) is 4.41. The SMILES string of the molecule is COc1cc(N=Nc2ccc3c(S(=O)(=O)O)cc(S(=O)(=O)O)cc3c2)c(C)cc1N. The van der Waals surface area contributed by atoms with Gasteiger partial charge in [0.05, 0.1) is 29.1 Å². The minimum atomic E-state index is -4.75. The summed E-state index contributed by atoms with van der Waals surface area (Å²) in [6.07, 6.45) is 0. The first kappa shape index (κ1) is 21.6. The highest BCUT2D eigenvalue weighted by Crippen LogP contribution is 2.33. The number of rotatable bonds is 5. The zero-order valence-electron chi connectivity index (χ0n) is 15.8. The van der Waals surface area contributed by atoms with E-state index in [1.54, 1.807) is 19.1 Å². The maximum atomic E-state index is 11.7. The van der Waals surface area contributed by atoms with Crippen LogP contribution in [0.1, 0.15) is 5.56 Å². The molecule has 0 spiro atoms. The van der Waals surface area contributed by atoms with Crippen LogP contribution < -0.4 is 10.5 Å². The Bertz CT molecular complexity index is 1400. The largest absolute Gasteiger partial charge is 0.495 e. The molecule has 0 unspecified atom stereocenters. The van der Waals surface area contributed by atoms with Crippen LogP contribution >= 0.6 is 0 Å². The molecule has 30 heavy (non-hydrogen) atoms. The van der Waals surface area contributed by atoms with E-state index >= 15 is 0 Å². The lowest BCUT2D eigenvalue weighted by Crippen LogP contribution is -2.04. The predicted octanol–water partition coefficient (Wildman–Crippen LogP) is 3.65. The minimum Gasteiger partial charge on any atom is -0.495 e. The molecule has 3 rings (SSSR count). The molecule has 0 radical (unpaired) electrons. The van der Waals surface area contributed by atoms with Crippen molar-refractivity contribution in [1.29, 1.82) is 0 Å². The molecule has 0 saturated heterocycles. The van der Waals surface area contributed by atoms with E-state index < -0.39 is 30.0 Å². The first-order chi connectivity index (χ1) is 13.9. The molecule has 0 heterocycles. The Kier molecular flexibility index (Phi) is 5.52. The van der Waals surface area contributed by atoms with Crippen molar-refractivity contribution in [3.8, 4) is 5.75 Å². The number of ether oxygens (including phenoxy) is 1. The summed E-state index contributed by atoms with van der Waals surface area (Å²) in [5.41, 5.74) is 7.76. The van der Waals surface area contributed by atoms with Gasteiger partial charge in [-0.25, -0.2) is 0 Å². The fourth-order valence-corrected chi connectivity index (χ4v) is 4.17. The first-order valence-electron chi connectivity index (χ1n) is 8.29. The van der Waals surface area contributed by atoms with E-state index in [4.69, 9.17) is 10.5 Å². The van der Waals surface area contributed by atoms with E-state index in [9.17, 15) is 25.9 Å². The van der Waals surface area contributed by atoms with Gasteiger partial charge in [-0.2, -0.15) is 27.1 Å². The number of hydrogen-bond acceptors (Lipinski definition) is 8. The third-order valence-electron chi connectivity index (χ3n) is 4.27. The van der Waals surface area contributed by atoms with Gasteiger partial charge in [0.15, 0.2) is 0 Å². The number of hydrogen-bond donors (Lipinski definition) is 3. The van der Waals surface area contributed by atoms with Crippen molar-refractivity contribution in [2.45, 2.75) is 16.7 Å². The van der Waals surface area contributed by atoms with E-state index in [1.165, 1.54) is 25.3 Å². The molecule has 3 aromatic rings. The molecule has 10 nitrogen and oxygen atoms in total. The van der Waals surface area contributed by atoms with Crippen LogP contribution in [0.2, 0.25) is 0 Å². The number of nitrogens with two attached hydrogens (primary N) is 1. The highest BCUT2D eigenvalue weighted by Gasteiger charge is 2.20. The molecule has 0 bridgehead atoms. The maximum Gasteiger partial charge on any atom is 0.295 e.